The second-order valence-electron chi connectivity index (χ2n) is 8.27. The number of benzene rings is 3. The third kappa shape index (κ3) is 2.64. The number of ether oxygens (including phenoxy) is 3. The lowest BCUT2D eigenvalue weighted by molar-refractivity contribution is 0.174. The van der Waals surface area contributed by atoms with Crippen LogP contribution in [0, 0.1) is 0 Å². The van der Waals surface area contributed by atoms with Gasteiger partial charge in [-0.1, -0.05) is 55.5 Å². The van der Waals surface area contributed by atoms with Crippen molar-refractivity contribution in [2.24, 2.45) is 0 Å². The number of pyridine rings is 1. The number of para-hydroxylation sites is 1. The second-order valence-corrected chi connectivity index (χ2v) is 8.27. The first-order valence-corrected chi connectivity index (χ1v) is 10.2. The maximum Gasteiger partial charge on any atom is 0.231 e. The molecule has 0 fully saturated rings. The summed E-state index contributed by atoms with van der Waals surface area (Å²) >= 11 is 0. The average molecular weight is 395 g/mol. The van der Waals surface area contributed by atoms with E-state index >= 15 is 0 Å². The maximum absolute atomic E-state index is 6.05. The maximum atomic E-state index is 6.05. The minimum Gasteiger partial charge on any atom is -0.492 e. The largest absolute Gasteiger partial charge is 0.492 e. The molecule has 3 heterocycles. The highest BCUT2D eigenvalue weighted by Gasteiger charge is 2.37. The fourth-order valence-corrected chi connectivity index (χ4v) is 4.63. The van der Waals surface area contributed by atoms with Gasteiger partial charge in [0, 0.05) is 28.1 Å². The molecule has 4 aromatic rings. The highest BCUT2D eigenvalue weighted by Crippen LogP contribution is 2.45. The van der Waals surface area contributed by atoms with Gasteiger partial charge in [0.2, 0.25) is 6.79 Å². The van der Waals surface area contributed by atoms with Gasteiger partial charge in [-0.05, 0) is 35.6 Å². The number of fused-ring (bicyclic) bond motifs is 3. The van der Waals surface area contributed by atoms with Gasteiger partial charge in [-0.2, -0.15) is 0 Å². The molecule has 1 unspecified atom stereocenters. The second kappa shape index (κ2) is 6.49. The van der Waals surface area contributed by atoms with Gasteiger partial charge in [0.25, 0.3) is 0 Å². The van der Waals surface area contributed by atoms with E-state index in [9.17, 15) is 0 Å². The Morgan fingerprint density at radius 2 is 1.63 bits per heavy atom. The number of hydrogen-bond acceptors (Lipinski definition) is 4. The van der Waals surface area contributed by atoms with Gasteiger partial charge >= 0.3 is 0 Å². The van der Waals surface area contributed by atoms with E-state index in [-0.39, 0.29) is 12.2 Å². The first-order chi connectivity index (χ1) is 14.7. The minimum atomic E-state index is -0.132. The molecule has 0 amide bonds. The number of aromatic nitrogens is 1. The van der Waals surface area contributed by atoms with Gasteiger partial charge in [-0.3, -0.25) is 4.98 Å². The molecule has 2 aliphatic rings. The van der Waals surface area contributed by atoms with Gasteiger partial charge in [0.15, 0.2) is 11.5 Å². The van der Waals surface area contributed by atoms with E-state index in [0.29, 0.717) is 6.61 Å². The third-order valence-electron chi connectivity index (χ3n) is 6.19. The Balaban J connectivity index is 1.57. The Hall–Kier alpha value is -3.53. The van der Waals surface area contributed by atoms with Crippen molar-refractivity contribution in [1.82, 2.24) is 4.98 Å². The predicted octanol–water partition coefficient (Wildman–Crippen LogP) is 5.52. The van der Waals surface area contributed by atoms with Crippen LogP contribution in [-0.4, -0.2) is 18.4 Å². The fourth-order valence-electron chi connectivity index (χ4n) is 4.63. The topological polar surface area (TPSA) is 40.6 Å². The zero-order valence-electron chi connectivity index (χ0n) is 16.7. The van der Waals surface area contributed by atoms with Crippen molar-refractivity contribution >= 4 is 10.8 Å². The predicted molar refractivity (Wildman–Crippen MR) is 116 cm³/mol. The molecule has 1 atom stereocenters. The number of rotatable bonds is 3. The molecule has 0 saturated heterocycles. The van der Waals surface area contributed by atoms with E-state index < -0.39 is 0 Å². The van der Waals surface area contributed by atoms with Crippen LogP contribution in [0.15, 0.2) is 72.9 Å². The first-order valence-electron chi connectivity index (χ1n) is 10.2. The van der Waals surface area contributed by atoms with E-state index in [0.717, 1.165) is 45.7 Å². The van der Waals surface area contributed by atoms with Crippen molar-refractivity contribution in [2.75, 3.05) is 13.4 Å². The van der Waals surface area contributed by atoms with Gasteiger partial charge in [-0.25, -0.2) is 0 Å². The summed E-state index contributed by atoms with van der Waals surface area (Å²) in [6.45, 7) is 3.19. The van der Waals surface area contributed by atoms with Crippen LogP contribution in [0.3, 0.4) is 0 Å². The molecule has 6 rings (SSSR count). The van der Waals surface area contributed by atoms with Crippen molar-refractivity contribution < 1.29 is 14.2 Å². The summed E-state index contributed by atoms with van der Waals surface area (Å²) in [4.78, 5) is 4.89. The third-order valence-corrected chi connectivity index (χ3v) is 6.19. The van der Waals surface area contributed by atoms with E-state index in [1.165, 1.54) is 11.1 Å². The Labute approximate surface area is 175 Å². The summed E-state index contributed by atoms with van der Waals surface area (Å²) in [5.74, 6) is 2.55. The van der Waals surface area contributed by atoms with E-state index in [1.54, 1.807) is 0 Å². The quantitative estimate of drug-likeness (QED) is 0.458. The molecule has 0 saturated carbocycles. The smallest absolute Gasteiger partial charge is 0.231 e. The van der Waals surface area contributed by atoms with Crippen molar-refractivity contribution in [1.29, 1.82) is 0 Å². The molecule has 4 nitrogen and oxygen atoms in total. The Kier molecular flexibility index (Phi) is 3.75. The molecule has 0 N–H and O–H groups in total. The molecule has 3 aromatic carbocycles. The van der Waals surface area contributed by atoms with E-state index in [1.807, 2.05) is 24.4 Å². The number of hydrogen-bond donors (Lipinski definition) is 0. The molecule has 30 heavy (non-hydrogen) atoms. The molecular weight excluding hydrogens is 374 g/mol. The zero-order valence-corrected chi connectivity index (χ0v) is 16.7. The van der Waals surface area contributed by atoms with E-state index in [2.05, 4.69) is 55.5 Å². The van der Waals surface area contributed by atoms with Gasteiger partial charge in [0.05, 0.1) is 12.3 Å². The van der Waals surface area contributed by atoms with Crippen LogP contribution in [0.1, 0.15) is 18.1 Å². The zero-order chi connectivity index (χ0) is 20.1. The molecule has 0 aliphatic carbocycles. The average Bonchev–Trinajstić information content (AvgIpc) is 3.38. The molecule has 0 radical (unpaired) electrons. The minimum absolute atomic E-state index is 0.132. The highest BCUT2D eigenvalue weighted by atomic mass is 16.7. The molecular formula is C26H21NO3. The molecule has 0 bridgehead atoms. The van der Waals surface area contributed by atoms with Crippen LogP contribution in [0.2, 0.25) is 0 Å². The van der Waals surface area contributed by atoms with Crippen molar-refractivity contribution in [3.05, 3.63) is 84.1 Å². The molecule has 2 aliphatic heterocycles. The molecule has 0 spiro atoms. The van der Waals surface area contributed by atoms with Gasteiger partial charge in [-0.15, -0.1) is 0 Å². The molecule has 4 heteroatoms. The SMILES string of the molecule is CC1(Cc2c(-c3ccccc3)ncc3cc4c(cc23)OCO4)COc2ccccc21. The Morgan fingerprint density at radius 1 is 0.867 bits per heavy atom. The Morgan fingerprint density at radius 3 is 2.50 bits per heavy atom. The molecule has 1 aromatic heterocycles. The lowest BCUT2D eigenvalue weighted by atomic mass is 9.77. The highest BCUT2D eigenvalue weighted by molar-refractivity contribution is 5.92. The Bertz CT molecular complexity index is 1270. The summed E-state index contributed by atoms with van der Waals surface area (Å²) in [7, 11) is 0. The van der Waals surface area contributed by atoms with Crippen LogP contribution in [0.5, 0.6) is 17.2 Å². The monoisotopic (exact) mass is 395 g/mol. The summed E-state index contributed by atoms with van der Waals surface area (Å²) in [5, 5.41) is 2.21. The standard InChI is InChI=1S/C26H21NO3/c1-26(15-28-22-10-6-5-9-21(22)26)13-20-19-12-24-23(29-16-30-24)11-18(19)14-27-25(20)17-7-3-2-4-8-17/h2-12,14H,13,15-16H2,1H3. The summed E-state index contributed by atoms with van der Waals surface area (Å²) in [6, 6.07) is 22.9. The van der Waals surface area contributed by atoms with Crippen LogP contribution < -0.4 is 14.2 Å². The van der Waals surface area contributed by atoms with Crippen LogP contribution in [0.25, 0.3) is 22.0 Å². The lowest BCUT2D eigenvalue weighted by Crippen LogP contribution is -2.27. The van der Waals surface area contributed by atoms with E-state index in [4.69, 9.17) is 19.2 Å². The van der Waals surface area contributed by atoms with Gasteiger partial charge < -0.3 is 14.2 Å². The van der Waals surface area contributed by atoms with Crippen LogP contribution in [0.4, 0.5) is 0 Å². The lowest BCUT2D eigenvalue weighted by Gasteiger charge is -2.25. The fraction of sp³-hybridized carbons (Fsp3) is 0.192. The van der Waals surface area contributed by atoms with Crippen molar-refractivity contribution in [2.45, 2.75) is 18.8 Å². The van der Waals surface area contributed by atoms with Crippen molar-refractivity contribution in [3.63, 3.8) is 0 Å². The van der Waals surface area contributed by atoms with Crippen molar-refractivity contribution in [3.8, 4) is 28.5 Å². The summed E-state index contributed by atoms with van der Waals surface area (Å²) in [6.07, 6.45) is 2.75. The first kappa shape index (κ1) is 17.3. The van der Waals surface area contributed by atoms with Gasteiger partial charge in [0.1, 0.15) is 5.75 Å². The number of nitrogens with zero attached hydrogens (tertiary/aromatic N) is 1. The normalized spacial score (nSPS) is 19.0. The van der Waals surface area contributed by atoms with Crippen LogP contribution in [-0.2, 0) is 11.8 Å². The summed E-state index contributed by atoms with van der Waals surface area (Å²) < 4.78 is 17.3. The summed E-state index contributed by atoms with van der Waals surface area (Å²) in [5.41, 5.74) is 4.45. The van der Waals surface area contributed by atoms with Crippen LogP contribution >= 0.6 is 0 Å². The molecule has 148 valence electrons.